The first kappa shape index (κ1) is 25.1. The van der Waals surface area contributed by atoms with Gasteiger partial charge in [0.15, 0.2) is 0 Å². The Morgan fingerprint density at radius 1 is 0.444 bits per heavy atom. The van der Waals surface area contributed by atoms with Crippen LogP contribution in [0.25, 0.3) is 75.2 Å². The van der Waals surface area contributed by atoms with Crippen LogP contribution in [0.3, 0.4) is 0 Å². The summed E-state index contributed by atoms with van der Waals surface area (Å²) in [6, 6.07) is 45.7. The number of para-hydroxylation sites is 3. The second kappa shape index (κ2) is 9.30. The molecule has 0 saturated heterocycles. The first-order valence-corrected chi connectivity index (χ1v) is 15.3. The van der Waals surface area contributed by atoms with E-state index in [1.54, 1.807) is 23.5 Å². The molecular weight excluding hydrogens is 571 g/mol. The van der Waals surface area contributed by atoms with E-state index in [1.807, 2.05) is 28.8 Å². The van der Waals surface area contributed by atoms with Crippen molar-refractivity contribution in [3.63, 3.8) is 0 Å². The fraction of sp³-hybridized carbons (Fsp3) is 0. The summed E-state index contributed by atoms with van der Waals surface area (Å²) < 4.78 is 6.70. The number of rotatable bonds is 2. The molecular formula is C39H19N5S. The van der Waals surface area contributed by atoms with Gasteiger partial charge in [0.05, 0.1) is 44.4 Å². The highest BCUT2D eigenvalue weighted by atomic mass is 32.1. The van der Waals surface area contributed by atoms with Crippen LogP contribution in [0.1, 0.15) is 16.7 Å². The van der Waals surface area contributed by atoms with Gasteiger partial charge >= 0.3 is 0 Å². The molecule has 0 saturated carbocycles. The van der Waals surface area contributed by atoms with Crippen molar-refractivity contribution in [1.82, 2.24) is 9.13 Å². The van der Waals surface area contributed by atoms with E-state index in [4.69, 9.17) is 0 Å². The summed E-state index contributed by atoms with van der Waals surface area (Å²) in [5.41, 5.74) is 6.45. The van der Waals surface area contributed by atoms with Crippen LogP contribution < -0.4 is 0 Å². The maximum absolute atomic E-state index is 10.2. The average molecular weight is 590 g/mol. The van der Waals surface area contributed by atoms with E-state index in [1.165, 1.54) is 20.9 Å². The van der Waals surface area contributed by atoms with Crippen molar-refractivity contribution in [2.45, 2.75) is 0 Å². The number of thiophene rings is 1. The summed E-state index contributed by atoms with van der Waals surface area (Å²) in [4.78, 5) is 0. The summed E-state index contributed by atoms with van der Waals surface area (Å²) in [6.45, 7) is 0. The zero-order valence-corrected chi connectivity index (χ0v) is 24.4. The number of aromatic nitrogens is 2. The molecule has 6 heteroatoms. The SMILES string of the molecule is N#Cc1ccc(C#N)c(-n2c3ccccc3c3c4sc5c(ccc6c5c5ccccc5n6-c5ccccc5)c4ccc32)c1C#N. The van der Waals surface area contributed by atoms with Gasteiger partial charge < -0.3 is 9.13 Å². The van der Waals surface area contributed by atoms with Gasteiger partial charge in [-0.3, -0.25) is 0 Å². The summed E-state index contributed by atoms with van der Waals surface area (Å²) in [6.07, 6.45) is 0. The number of fused-ring (bicyclic) bond motifs is 11. The average Bonchev–Trinajstić information content (AvgIpc) is 3.75. The van der Waals surface area contributed by atoms with Crippen LogP contribution in [-0.2, 0) is 0 Å². The zero-order valence-electron chi connectivity index (χ0n) is 23.6. The van der Waals surface area contributed by atoms with E-state index in [0.29, 0.717) is 11.3 Å². The highest BCUT2D eigenvalue weighted by Crippen LogP contribution is 2.47. The second-order valence-corrected chi connectivity index (χ2v) is 12.1. The molecule has 206 valence electrons. The topological polar surface area (TPSA) is 81.2 Å². The smallest absolute Gasteiger partial charge is 0.103 e. The van der Waals surface area contributed by atoms with Gasteiger partial charge in [0, 0.05) is 47.4 Å². The first-order chi connectivity index (χ1) is 22.2. The fourth-order valence-electron chi connectivity index (χ4n) is 7.01. The molecule has 0 aliphatic heterocycles. The van der Waals surface area contributed by atoms with Gasteiger partial charge in [-0.05, 0) is 48.5 Å². The van der Waals surface area contributed by atoms with Gasteiger partial charge in [-0.1, -0.05) is 66.7 Å². The molecule has 0 atom stereocenters. The lowest BCUT2D eigenvalue weighted by molar-refractivity contribution is 1.15. The van der Waals surface area contributed by atoms with Crippen LogP contribution in [0.2, 0.25) is 0 Å². The molecule has 0 bridgehead atoms. The third kappa shape index (κ3) is 3.28. The predicted molar refractivity (Wildman–Crippen MR) is 182 cm³/mol. The van der Waals surface area contributed by atoms with Gasteiger partial charge in [-0.15, -0.1) is 11.3 Å². The highest BCUT2D eigenvalue weighted by molar-refractivity contribution is 7.27. The minimum Gasteiger partial charge on any atom is -0.309 e. The summed E-state index contributed by atoms with van der Waals surface area (Å²) in [5, 5.41) is 37.1. The molecule has 0 N–H and O–H groups in total. The molecule has 6 aromatic carbocycles. The third-order valence-electron chi connectivity index (χ3n) is 8.84. The van der Waals surface area contributed by atoms with Gasteiger partial charge in [0.25, 0.3) is 0 Å². The first-order valence-electron chi connectivity index (χ1n) is 14.5. The summed E-state index contributed by atoms with van der Waals surface area (Å²) >= 11 is 1.79. The molecule has 0 unspecified atom stereocenters. The van der Waals surface area contributed by atoms with Gasteiger partial charge in [-0.2, -0.15) is 15.8 Å². The van der Waals surface area contributed by atoms with Gasteiger partial charge in [0.2, 0.25) is 0 Å². The second-order valence-electron chi connectivity index (χ2n) is 11.0. The minimum absolute atomic E-state index is 0.200. The highest BCUT2D eigenvalue weighted by Gasteiger charge is 2.24. The van der Waals surface area contributed by atoms with E-state index in [0.717, 1.165) is 48.6 Å². The third-order valence-corrected chi connectivity index (χ3v) is 10.1. The van der Waals surface area contributed by atoms with E-state index in [2.05, 4.69) is 102 Å². The summed E-state index contributed by atoms with van der Waals surface area (Å²) in [5.74, 6) is 0. The molecule has 0 radical (unpaired) electrons. The Hall–Kier alpha value is -6.39. The molecule has 0 amide bonds. The maximum Gasteiger partial charge on any atom is 0.103 e. The lowest BCUT2D eigenvalue weighted by atomic mass is 10.0. The molecule has 5 nitrogen and oxygen atoms in total. The number of benzene rings is 6. The molecule has 9 aromatic rings. The van der Waals surface area contributed by atoms with Gasteiger partial charge in [0.1, 0.15) is 18.2 Å². The van der Waals surface area contributed by atoms with Crippen LogP contribution in [0, 0.1) is 34.0 Å². The monoisotopic (exact) mass is 589 g/mol. The Labute approximate surface area is 260 Å². The van der Waals surface area contributed by atoms with Crippen LogP contribution in [-0.4, -0.2) is 9.13 Å². The van der Waals surface area contributed by atoms with E-state index < -0.39 is 0 Å². The van der Waals surface area contributed by atoms with Crippen molar-refractivity contribution in [2.75, 3.05) is 0 Å². The van der Waals surface area contributed by atoms with E-state index in [-0.39, 0.29) is 11.1 Å². The molecule has 0 spiro atoms. The number of hydrogen-bond acceptors (Lipinski definition) is 4. The Kier molecular flexibility index (Phi) is 5.20. The van der Waals surface area contributed by atoms with Crippen molar-refractivity contribution in [3.05, 3.63) is 132 Å². The molecule has 45 heavy (non-hydrogen) atoms. The van der Waals surface area contributed by atoms with Crippen LogP contribution in [0.5, 0.6) is 0 Å². The van der Waals surface area contributed by atoms with Crippen molar-refractivity contribution in [3.8, 4) is 29.6 Å². The molecule has 3 heterocycles. The Bertz CT molecular complexity index is 2850. The van der Waals surface area contributed by atoms with E-state index in [9.17, 15) is 15.8 Å². The standard InChI is InChI=1S/C39H19N5S/c40-20-23-14-15-24(21-41)37(30(23)22-42)44-32-13-7-5-11-29(32)36-34(44)19-17-27-26-16-18-33-35(38(26)45-39(27)36)28-10-4-6-12-31(28)43(33)25-8-2-1-3-9-25/h1-19H. The normalized spacial score (nSPS) is 11.5. The maximum atomic E-state index is 10.2. The van der Waals surface area contributed by atoms with Crippen LogP contribution in [0.15, 0.2) is 115 Å². The van der Waals surface area contributed by atoms with Crippen LogP contribution >= 0.6 is 11.3 Å². The van der Waals surface area contributed by atoms with Crippen LogP contribution in [0.4, 0.5) is 0 Å². The lowest BCUT2D eigenvalue weighted by Gasteiger charge is -2.12. The minimum atomic E-state index is 0.200. The lowest BCUT2D eigenvalue weighted by Crippen LogP contribution is -2.03. The van der Waals surface area contributed by atoms with Crippen molar-refractivity contribution in [1.29, 1.82) is 15.8 Å². The fourth-order valence-corrected chi connectivity index (χ4v) is 8.43. The molecule has 0 aliphatic rings. The number of nitrogens with zero attached hydrogens (tertiary/aromatic N) is 5. The zero-order chi connectivity index (χ0) is 30.2. The predicted octanol–water partition coefficient (Wildman–Crippen LogP) is 9.86. The number of hydrogen-bond donors (Lipinski definition) is 0. The summed E-state index contributed by atoms with van der Waals surface area (Å²) in [7, 11) is 0. The Morgan fingerprint density at radius 3 is 1.58 bits per heavy atom. The Morgan fingerprint density at radius 2 is 0.978 bits per heavy atom. The molecule has 9 rings (SSSR count). The molecule has 0 aliphatic carbocycles. The molecule has 0 fully saturated rings. The van der Waals surface area contributed by atoms with E-state index >= 15 is 0 Å². The molecule has 3 aromatic heterocycles. The largest absolute Gasteiger partial charge is 0.309 e. The van der Waals surface area contributed by atoms with Crippen molar-refractivity contribution >= 4 is 75.1 Å². The quantitative estimate of drug-likeness (QED) is 0.201. The van der Waals surface area contributed by atoms with Crippen molar-refractivity contribution in [2.24, 2.45) is 0 Å². The van der Waals surface area contributed by atoms with Crippen molar-refractivity contribution < 1.29 is 0 Å². The Balaban J connectivity index is 1.46. The van der Waals surface area contributed by atoms with Gasteiger partial charge in [-0.25, -0.2) is 0 Å². The number of nitriles is 3.